The number of hydrogen-bond acceptors (Lipinski definition) is 4. The molecule has 1 saturated heterocycles. The third-order valence-corrected chi connectivity index (χ3v) is 4.64. The molecule has 0 atom stereocenters. The van der Waals surface area contributed by atoms with Crippen LogP contribution in [-0.4, -0.2) is 61.5 Å². The molecule has 1 fully saturated rings. The number of nitrogens with zero attached hydrogens (tertiary/aromatic N) is 2. The second-order valence-electron chi connectivity index (χ2n) is 6.44. The Morgan fingerprint density at radius 2 is 1.54 bits per heavy atom. The summed E-state index contributed by atoms with van der Waals surface area (Å²) in [5.41, 5.74) is 1.20. The summed E-state index contributed by atoms with van der Waals surface area (Å²) in [5.74, 6) is 1.27. The zero-order valence-corrected chi connectivity index (χ0v) is 16.0. The molecule has 1 aliphatic rings. The molecule has 0 aliphatic carbocycles. The molecule has 0 radical (unpaired) electrons. The molecule has 0 bridgehead atoms. The van der Waals surface area contributed by atoms with E-state index in [0.29, 0.717) is 55.4 Å². The number of hydrogen-bond donors (Lipinski definition) is 0. The monoisotopic (exact) mass is 380 g/mol. The fourth-order valence-electron chi connectivity index (χ4n) is 3.08. The van der Waals surface area contributed by atoms with Gasteiger partial charge in [-0.15, -0.1) is 0 Å². The van der Waals surface area contributed by atoms with Crippen molar-refractivity contribution in [2.24, 2.45) is 0 Å². The topological polar surface area (TPSA) is 59.1 Å². The number of ether oxygens (including phenoxy) is 2. The van der Waals surface area contributed by atoms with E-state index in [1.807, 2.05) is 0 Å². The predicted molar refractivity (Wildman–Crippen MR) is 107 cm³/mol. The quantitative estimate of drug-likeness (QED) is 0.723. The summed E-state index contributed by atoms with van der Waals surface area (Å²) in [4.78, 5) is 28.9. The van der Waals surface area contributed by atoms with Crippen molar-refractivity contribution in [3.8, 4) is 11.5 Å². The number of carbonyl (C=O) groups is 2. The summed E-state index contributed by atoms with van der Waals surface area (Å²) in [5, 5.41) is 0. The Morgan fingerprint density at radius 3 is 2.11 bits per heavy atom. The third kappa shape index (κ3) is 4.52. The van der Waals surface area contributed by atoms with Crippen LogP contribution in [-0.2, 0) is 0 Å². The van der Waals surface area contributed by atoms with E-state index in [9.17, 15) is 9.59 Å². The van der Waals surface area contributed by atoms with Gasteiger partial charge in [-0.3, -0.25) is 9.59 Å². The summed E-state index contributed by atoms with van der Waals surface area (Å²) in [6.45, 7) is 6.05. The van der Waals surface area contributed by atoms with E-state index in [0.717, 1.165) is 0 Å². The highest BCUT2D eigenvalue weighted by Crippen LogP contribution is 2.17. The number of carbonyl (C=O) groups excluding carboxylic acids is 2. The third-order valence-electron chi connectivity index (χ3n) is 4.64. The smallest absolute Gasteiger partial charge is 0.254 e. The van der Waals surface area contributed by atoms with Crippen molar-refractivity contribution in [3.05, 3.63) is 72.3 Å². The van der Waals surface area contributed by atoms with Gasteiger partial charge in [-0.2, -0.15) is 0 Å². The van der Waals surface area contributed by atoms with Crippen molar-refractivity contribution < 1.29 is 19.1 Å². The maximum Gasteiger partial charge on any atom is 0.254 e. The minimum absolute atomic E-state index is 0.0382. The molecule has 2 aromatic carbocycles. The average Bonchev–Trinajstić information content (AvgIpc) is 2.77. The van der Waals surface area contributed by atoms with Crippen LogP contribution >= 0.6 is 0 Å². The second kappa shape index (κ2) is 9.08. The largest absolute Gasteiger partial charge is 0.497 e. The molecular weight excluding hydrogens is 356 g/mol. The van der Waals surface area contributed by atoms with Crippen molar-refractivity contribution in [1.82, 2.24) is 9.80 Å². The van der Waals surface area contributed by atoms with Gasteiger partial charge in [-0.1, -0.05) is 18.7 Å². The van der Waals surface area contributed by atoms with E-state index < -0.39 is 0 Å². The lowest BCUT2D eigenvalue weighted by Crippen LogP contribution is -2.50. The molecule has 6 nitrogen and oxygen atoms in total. The number of methoxy groups -OCH3 is 1. The molecule has 2 aromatic rings. The summed E-state index contributed by atoms with van der Waals surface area (Å²) in [6.07, 6.45) is 1.67. The molecule has 3 rings (SSSR count). The zero-order valence-electron chi connectivity index (χ0n) is 16.0. The zero-order chi connectivity index (χ0) is 19.9. The first kappa shape index (κ1) is 19.5. The minimum Gasteiger partial charge on any atom is -0.497 e. The Hall–Kier alpha value is -3.28. The van der Waals surface area contributed by atoms with Crippen LogP contribution in [0.3, 0.4) is 0 Å². The van der Waals surface area contributed by atoms with E-state index in [4.69, 9.17) is 9.47 Å². The van der Waals surface area contributed by atoms with E-state index in [1.165, 1.54) is 0 Å². The summed E-state index contributed by atoms with van der Waals surface area (Å²) >= 11 is 0. The SMILES string of the molecule is C=CCOc1ccc(C(=O)N2CCN(C(=O)c3cccc(OC)c3)CC2)cc1. The van der Waals surface area contributed by atoms with Crippen molar-refractivity contribution >= 4 is 11.8 Å². The lowest BCUT2D eigenvalue weighted by Gasteiger charge is -2.35. The maximum atomic E-state index is 12.7. The molecule has 28 heavy (non-hydrogen) atoms. The number of piperazine rings is 1. The first-order valence-electron chi connectivity index (χ1n) is 9.18. The Kier molecular flexibility index (Phi) is 6.32. The molecule has 1 aliphatic heterocycles. The van der Waals surface area contributed by atoms with E-state index in [1.54, 1.807) is 71.5 Å². The number of amides is 2. The second-order valence-corrected chi connectivity index (χ2v) is 6.44. The van der Waals surface area contributed by atoms with Gasteiger partial charge in [-0.05, 0) is 42.5 Å². The van der Waals surface area contributed by atoms with Crippen LogP contribution in [0, 0.1) is 0 Å². The standard InChI is InChI=1S/C22H24N2O4/c1-3-15-28-19-9-7-17(8-10-19)21(25)23-11-13-24(14-12-23)22(26)18-5-4-6-20(16-18)27-2/h3-10,16H,1,11-15H2,2H3. The van der Waals surface area contributed by atoms with Gasteiger partial charge < -0.3 is 19.3 Å². The molecule has 146 valence electrons. The highest BCUT2D eigenvalue weighted by molar-refractivity contribution is 5.96. The minimum atomic E-state index is -0.0466. The summed E-state index contributed by atoms with van der Waals surface area (Å²) in [6, 6.07) is 14.2. The Morgan fingerprint density at radius 1 is 0.929 bits per heavy atom. The van der Waals surface area contributed by atoms with Crippen LogP contribution in [0.4, 0.5) is 0 Å². The molecule has 6 heteroatoms. The first-order chi connectivity index (χ1) is 13.6. The molecule has 0 N–H and O–H groups in total. The normalized spacial score (nSPS) is 13.8. The molecular formula is C22H24N2O4. The highest BCUT2D eigenvalue weighted by atomic mass is 16.5. The van der Waals surface area contributed by atoms with Gasteiger partial charge >= 0.3 is 0 Å². The van der Waals surface area contributed by atoms with Crippen molar-refractivity contribution in [1.29, 1.82) is 0 Å². The maximum absolute atomic E-state index is 12.7. The van der Waals surface area contributed by atoms with Crippen LogP contribution in [0.2, 0.25) is 0 Å². The van der Waals surface area contributed by atoms with E-state index in [2.05, 4.69) is 6.58 Å². The average molecular weight is 380 g/mol. The lowest BCUT2D eigenvalue weighted by atomic mass is 10.1. The molecule has 2 amide bonds. The van der Waals surface area contributed by atoms with Crippen LogP contribution in [0.25, 0.3) is 0 Å². The van der Waals surface area contributed by atoms with Gasteiger partial charge in [0.25, 0.3) is 11.8 Å². The summed E-state index contributed by atoms with van der Waals surface area (Å²) in [7, 11) is 1.58. The van der Waals surface area contributed by atoms with E-state index in [-0.39, 0.29) is 11.8 Å². The molecule has 0 spiro atoms. The van der Waals surface area contributed by atoms with Crippen LogP contribution < -0.4 is 9.47 Å². The van der Waals surface area contributed by atoms with Crippen molar-refractivity contribution in [2.75, 3.05) is 39.9 Å². The molecule has 0 saturated carbocycles. The number of rotatable bonds is 6. The molecule has 1 heterocycles. The van der Waals surface area contributed by atoms with Gasteiger partial charge in [0, 0.05) is 37.3 Å². The fraction of sp³-hybridized carbons (Fsp3) is 0.273. The van der Waals surface area contributed by atoms with Crippen LogP contribution in [0.15, 0.2) is 61.2 Å². The Balaban J connectivity index is 1.57. The van der Waals surface area contributed by atoms with Crippen molar-refractivity contribution in [2.45, 2.75) is 0 Å². The molecule has 0 aromatic heterocycles. The van der Waals surface area contributed by atoms with Gasteiger partial charge in [0.15, 0.2) is 0 Å². The van der Waals surface area contributed by atoms with Crippen LogP contribution in [0.5, 0.6) is 11.5 Å². The van der Waals surface area contributed by atoms with E-state index >= 15 is 0 Å². The van der Waals surface area contributed by atoms with Crippen molar-refractivity contribution in [3.63, 3.8) is 0 Å². The lowest BCUT2D eigenvalue weighted by molar-refractivity contribution is 0.0535. The fourth-order valence-corrected chi connectivity index (χ4v) is 3.08. The first-order valence-corrected chi connectivity index (χ1v) is 9.18. The summed E-state index contributed by atoms with van der Waals surface area (Å²) < 4.78 is 10.6. The Bertz CT molecular complexity index is 840. The number of benzene rings is 2. The predicted octanol–water partition coefficient (Wildman–Crippen LogP) is 2.86. The van der Waals surface area contributed by atoms with Gasteiger partial charge in [0.1, 0.15) is 18.1 Å². The van der Waals surface area contributed by atoms with Crippen LogP contribution in [0.1, 0.15) is 20.7 Å². The van der Waals surface area contributed by atoms with Gasteiger partial charge in [0.05, 0.1) is 7.11 Å². The highest BCUT2D eigenvalue weighted by Gasteiger charge is 2.25. The Labute approximate surface area is 165 Å². The van der Waals surface area contributed by atoms with Gasteiger partial charge in [-0.25, -0.2) is 0 Å². The molecule has 0 unspecified atom stereocenters. The van der Waals surface area contributed by atoms with Gasteiger partial charge in [0.2, 0.25) is 0 Å².